The van der Waals surface area contributed by atoms with Crippen LogP contribution in [0.3, 0.4) is 0 Å². The third-order valence-corrected chi connectivity index (χ3v) is 8.50. The van der Waals surface area contributed by atoms with Gasteiger partial charge in [-0.15, -0.1) is 0 Å². The van der Waals surface area contributed by atoms with E-state index in [1.165, 1.54) is 12.1 Å². The highest BCUT2D eigenvalue weighted by Crippen LogP contribution is 2.41. The molecule has 2 amide bonds. The standard InChI is InChI=1S/C23H34N4O6S/c24-13-8-21(29)27-16-11-23(12-17-27)9-14-26(15-10-23)20(28)7-6-19(22(30)31)25-34(32,33)18-4-2-1-3-5-18/h1-5,19,25H,6-17,24H2,(H,30,31). The van der Waals surface area contributed by atoms with Crippen LogP contribution >= 0.6 is 0 Å². The van der Waals surface area contributed by atoms with E-state index in [1.807, 2.05) is 4.90 Å². The lowest BCUT2D eigenvalue weighted by Crippen LogP contribution is -2.49. The van der Waals surface area contributed by atoms with Gasteiger partial charge < -0.3 is 20.6 Å². The van der Waals surface area contributed by atoms with E-state index in [2.05, 4.69) is 4.72 Å². The van der Waals surface area contributed by atoms with Crippen LogP contribution in [0.25, 0.3) is 0 Å². The summed E-state index contributed by atoms with van der Waals surface area (Å²) in [6.07, 6.45) is 3.71. The highest BCUT2D eigenvalue weighted by atomic mass is 32.2. The summed E-state index contributed by atoms with van der Waals surface area (Å²) in [5.41, 5.74) is 5.61. The summed E-state index contributed by atoms with van der Waals surface area (Å²) in [4.78, 5) is 40.0. The molecular weight excluding hydrogens is 460 g/mol. The van der Waals surface area contributed by atoms with E-state index in [9.17, 15) is 27.9 Å². The molecule has 34 heavy (non-hydrogen) atoms. The Kier molecular flexibility index (Phi) is 8.67. The minimum Gasteiger partial charge on any atom is -0.480 e. The molecule has 0 bridgehead atoms. The predicted octanol–water partition coefficient (Wildman–Crippen LogP) is 0.778. The first-order chi connectivity index (χ1) is 16.2. The number of hydrogen-bond donors (Lipinski definition) is 3. The normalized spacial score (nSPS) is 19.1. The third-order valence-electron chi connectivity index (χ3n) is 7.01. The number of nitrogens with zero attached hydrogens (tertiary/aromatic N) is 2. The number of benzene rings is 1. The number of carbonyl (C=O) groups excluding carboxylic acids is 2. The van der Waals surface area contributed by atoms with Crippen molar-refractivity contribution < 1.29 is 27.9 Å². The van der Waals surface area contributed by atoms with Crippen molar-refractivity contribution in [3.63, 3.8) is 0 Å². The molecular formula is C23H34N4O6S. The second-order valence-corrected chi connectivity index (χ2v) is 10.9. The van der Waals surface area contributed by atoms with Gasteiger partial charge in [0.05, 0.1) is 4.90 Å². The van der Waals surface area contributed by atoms with Crippen molar-refractivity contribution >= 4 is 27.8 Å². The summed E-state index contributed by atoms with van der Waals surface area (Å²) in [6, 6.07) is 6.15. The molecule has 2 aliphatic rings. The van der Waals surface area contributed by atoms with Crippen molar-refractivity contribution in [2.75, 3.05) is 32.7 Å². The monoisotopic (exact) mass is 494 g/mol. The molecule has 188 valence electrons. The predicted molar refractivity (Wildman–Crippen MR) is 125 cm³/mol. The lowest BCUT2D eigenvalue weighted by atomic mass is 9.71. The van der Waals surface area contributed by atoms with Crippen LogP contribution < -0.4 is 10.5 Å². The maximum Gasteiger partial charge on any atom is 0.321 e. The SMILES string of the molecule is NCCC(=O)N1CCC2(CC1)CCN(C(=O)CCC(NS(=O)(=O)c1ccccc1)C(=O)O)CC2. The van der Waals surface area contributed by atoms with Crippen molar-refractivity contribution in [3.8, 4) is 0 Å². The summed E-state index contributed by atoms with van der Waals surface area (Å²) in [5.74, 6) is -1.39. The lowest BCUT2D eigenvalue weighted by molar-refractivity contribution is -0.139. The first-order valence-corrected chi connectivity index (χ1v) is 13.2. The van der Waals surface area contributed by atoms with Crippen LogP contribution in [0.5, 0.6) is 0 Å². The summed E-state index contributed by atoms with van der Waals surface area (Å²) in [7, 11) is -4.00. The fourth-order valence-electron chi connectivity index (χ4n) is 4.76. The number of amides is 2. The maximum absolute atomic E-state index is 12.7. The quantitative estimate of drug-likeness (QED) is 0.459. The fourth-order valence-corrected chi connectivity index (χ4v) is 6.00. The molecule has 3 rings (SSSR count). The number of carboxylic acid groups (broad SMARTS) is 1. The van der Waals surface area contributed by atoms with Crippen LogP contribution in [0, 0.1) is 5.41 Å². The molecule has 1 aromatic carbocycles. The average molecular weight is 495 g/mol. The van der Waals surface area contributed by atoms with Crippen LogP contribution in [0.1, 0.15) is 44.9 Å². The van der Waals surface area contributed by atoms with E-state index >= 15 is 0 Å². The molecule has 10 nitrogen and oxygen atoms in total. The Balaban J connectivity index is 1.48. The number of likely N-dealkylation sites (tertiary alicyclic amines) is 2. The Morgan fingerprint density at radius 1 is 0.941 bits per heavy atom. The Hall–Kier alpha value is -2.50. The topological polar surface area (TPSA) is 150 Å². The van der Waals surface area contributed by atoms with Crippen molar-refractivity contribution in [3.05, 3.63) is 30.3 Å². The Morgan fingerprint density at radius 3 is 1.91 bits per heavy atom. The average Bonchev–Trinajstić information content (AvgIpc) is 2.83. The highest BCUT2D eigenvalue weighted by Gasteiger charge is 2.39. The van der Waals surface area contributed by atoms with Gasteiger partial charge >= 0.3 is 5.97 Å². The molecule has 11 heteroatoms. The number of carbonyl (C=O) groups is 3. The van der Waals surface area contributed by atoms with E-state index in [1.54, 1.807) is 23.1 Å². The number of sulfonamides is 1. The van der Waals surface area contributed by atoms with E-state index in [0.717, 1.165) is 25.7 Å². The summed E-state index contributed by atoms with van der Waals surface area (Å²) in [6.45, 7) is 2.96. The van der Waals surface area contributed by atoms with Crippen molar-refractivity contribution in [1.29, 1.82) is 0 Å². The van der Waals surface area contributed by atoms with Gasteiger partial charge in [0, 0.05) is 45.6 Å². The Labute approximate surface area is 200 Å². The first kappa shape index (κ1) is 26.1. The number of aliphatic carboxylic acids is 1. The highest BCUT2D eigenvalue weighted by molar-refractivity contribution is 7.89. The Bertz CT molecular complexity index is 966. The zero-order valence-corrected chi connectivity index (χ0v) is 20.1. The maximum atomic E-state index is 12.7. The van der Waals surface area contributed by atoms with Gasteiger partial charge in [0.2, 0.25) is 21.8 Å². The molecule has 1 spiro atoms. The van der Waals surface area contributed by atoms with E-state index < -0.39 is 22.0 Å². The Morgan fingerprint density at radius 2 is 1.44 bits per heavy atom. The zero-order chi connectivity index (χ0) is 24.8. The number of rotatable bonds is 9. The first-order valence-electron chi connectivity index (χ1n) is 11.7. The van der Waals surface area contributed by atoms with Crippen LogP contribution in [-0.2, 0) is 24.4 Å². The molecule has 0 aromatic heterocycles. The van der Waals surface area contributed by atoms with Gasteiger partial charge in [-0.3, -0.25) is 14.4 Å². The number of nitrogens with two attached hydrogens (primary N) is 1. The van der Waals surface area contributed by atoms with Crippen molar-refractivity contribution in [2.45, 2.75) is 55.9 Å². The second-order valence-electron chi connectivity index (χ2n) is 9.16. The van der Waals surface area contributed by atoms with E-state index in [-0.39, 0.29) is 35.0 Å². The smallest absolute Gasteiger partial charge is 0.321 e. The lowest BCUT2D eigenvalue weighted by Gasteiger charge is -2.47. The van der Waals surface area contributed by atoms with Gasteiger partial charge in [-0.2, -0.15) is 4.72 Å². The summed E-state index contributed by atoms with van der Waals surface area (Å²) >= 11 is 0. The zero-order valence-electron chi connectivity index (χ0n) is 19.3. The molecule has 2 heterocycles. The van der Waals surface area contributed by atoms with Crippen LogP contribution in [0.15, 0.2) is 35.2 Å². The number of hydrogen-bond acceptors (Lipinski definition) is 6. The molecule has 0 aliphatic carbocycles. The van der Waals surface area contributed by atoms with Crippen LogP contribution in [0.2, 0.25) is 0 Å². The summed E-state index contributed by atoms with van der Waals surface area (Å²) in [5, 5.41) is 9.48. The van der Waals surface area contributed by atoms with Crippen LogP contribution in [-0.4, -0.2) is 79.9 Å². The second kappa shape index (κ2) is 11.3. The molecule has 1 atom stereocenters. The molecule has 0 saturated carbocycles. The fraction of sp³-hybridized carbons (Fsp3) is 0.609. The van der Waals surface area contributed by atoms with Gasteiger partial charge in [0.15, 0.2) is 0 Å². The summed E-state index contributed by atoms with van der Waals surface area (Å²) < 4.78 is 27.1. The minimum atomic E-state index is -4.00. The van der Waals surface area contributed by atoms with Crippen molar-refractivity contribution in [1.82, 2.24) is 14.5 Å². The number of piperidine rings is 2. The van der Waals surface area contributed by atoms with E-state index in [0.29, 0.717) is 39.1 Å². The molecule has 4 N–H and O–H groups in total. The molecule has 1 aromatic rings. The minimum absolute atomic E-state index is 0.0234. The number of nitrogens with one attached hydrogen (secondary N) is 1. The molecule has 2 aliphatic heterocycles. The molecule has 1 unspecified atom stereocenters. The molecule has 2 fully saturated rings. The van der Waals surface area contributed by atoms with Crippen molar-refractivity contribution in [2.24, 2.45) is 11.1 Å². The molecule has 2 saturated heterocycles. The van der Waals surface area contributed by atoms with Gasteiger partial charge in [0.25, 0.3) is 0 Å². The molecule has 0 radical (unpaired) electrons. The number of carboxylic acids is 1. The largest absolute Gasteiger partial charge is 0.480 e. The van der Waals surface area contributed by atoms with Gasteiger partial charge in [-0.1, -0.05) is 18.2 Å². The van der Waals surface area contributed by atoms with Gasteiger partial charge in [0.1, 0.15) is 6.04 Å². The van der Waals surface area contributed by atoms with E-state index in [4.69, 9.17) is 5.73 Å². The third kappa shape index (κ3) is 6.55. The van der Waals surface area contributed by atoms with Crippen LogP contribution in [0.4, 0.5) is 0 Å². The van der Waals surface area contributed by atoms with Gasteiger partial charge in [-0.05, 0) is 49.7 Å². The van der Waals surface area contributed by atoms with Gasteiger partial charge in [-0.25, -0.2) is 8.42 Å².